The lowest BCUT2D eigenvalue weighted by Gasteiger charge is -2.36. The monoisotopic (exact) mass is 350 g/mol. The average Bonchev–Trinajstić information content (AvgIpc) is 2.26. The SMILES string of the molecule is Bc1ccc(OC(CS(=O)(=O)O)(C(F)(F)F)C(F)(F)F)cc1. The molecule has 0 fully saturated rings. The molecule has 0 saturated carbocycles. The Kier molecular flexibility index (Phi) is 4.78. The molecule has 4 nitrogen and oxygen atoms in total. The molecule has 0 amide bonds. The van der Waals surface area contributed by atoms with Gasteiger partial charge in [0.1, 0.15) is 19.3 Å². The smallest absolute Gasteiger partial charge is 0.438 e. The summed E-state index contributed by atoms with van der Waals surface area (Å²) in [4.78, 5) is 0. The van der Waals surface area contributed by atoms with Crippen LogP contribution in [0.4, 0.5) is 26.3 Å². The van der Waals surface area contributed by atoms with Crippen LogP contribution < -0.4 is 10.2 Å². The van der Waals surface area contributed by atoms with E-state index in [1.165, 1.54) is 20.0 Å². The molecule has 0 heterocycles. The number of halogens is 6. The Bertz CT molecular complexity index is 608. The molecule has 0 aliphatic rings. The Morgan fingerprint density at radius 3 is 1.73 bits per heavy atom. The lowest BCUT2D eigenvalue weighted by Crippen LogP contribution is -2.64. The summed E-state index contributed by atoms with van der Waals surface area (Å²) < 4.78 is 111. The lowest BCUT2D eigenvalue weighted by molar-refractivity contribution is -0.348. The normalized spacial score (nSPS) is 14.0. The van der Waals surface area contributed by atoms with E-state index in [-0.39, 0.29) is 0 Å². The van der Waals surface area contributed by atoms with Crippen molar-refractivity contribution in [2.45, 2.75) is 18.0 Å². The minimum absolute atomic E-state index is 0.534. The van der Waals surface area contributed by atoms with Crippen LogP contribution in [0.1, 0.15) is 0 Å². The van der Waals surface area contributed by atoms with E-state index in [1.54, 1.807) is 0 Å². The number of benzene rings is 1. The van der Waals surface area contributed by atoms with Gasteiger partial charge in [-0.3, -0.25) is 4.55 Å². The van der Waals surface area contributed by atoms with Gasteiger partial charge in [-0.1, -0.05) is 17.6 Å². The Morgan fingerprint density at radius 2 is 1.41 bits per heavy atom. The van der Waals surface area contributed by atoms with Crippen LogP contribution in [0.3, 0.4) is 0 Å². The first-order valence-electron chi connectivity index (χ1n) is 5.52. The van der Waals surface area contributed by atoms with Gasteiger partial charge in [-0.25, -0.2) is 0 Å². The zero-order valence-corrected chi connectivity index (χ0v) is 11.7. The summed E-state index contributed by atoms with van der Waals surface area (Å²) in [5.41, 5.74) is -4.55. The quantitative estimate of drug-likeness (QED) is 0.502. The fourth-order valence-corrected chi connectivity index (χ4v) is 2.43. The van der Waals surface area contributed by atoms with E-state index in [4.69, 9.17) is 4.55 Å². The molecule has 0 atom stereocenters. The lowest BCUT2D eigenvalue weighted by atomic mass is 9.96. The molecule has 1 aromatic carbocycles. The van der Waals surface area contributed by atoms with Crippen molar-refractivity contribution in [3.05, 3.63) is 24.3 Å². The molecule has 0 aliphatic carbocycles. The van der Waals surface area contributed by atoms with E-state index in [9.17, 15) is 34.8 Å². The van der Waals surface area contributed by atoms with Crippen LogP contribution in [0.5, 0.6) is 5.75 Å². The summed E-state index contributed by atoms with van der Waals surface area (Å²) in [7, 11) is -4.11. The van der Waals surface area contributed by atoms with Gasteiger partial charge >= 0.3 is 18.0 Å². The fraction of sp³-hybridized carbons (Fsp3) is 0.400. The van der Waals surface area contributed by atoms with E-state index in [1.807, 2.05) is 0 Å². The minimum atomic E-state index is -6.13. The third-order valence-electron chi connectivity index (χ3n) is 2.61. The number of rotatable bonds is 4. The summed E-state index contributed by atoms with van der Waals surface area (Å²) in [6.07, 6.45) is -12.3. The zero-order chi connectivity index (χ0) is 17.4. The molecule has 0 unspecified atom stereocenters. The predicted molar refractivity (Wildman–Crippen MR) is 66.5 cm³/mol. The second-order valence-corrected chi connectivity index (χ2v) is 5.92. The van der Waals surface area contributed by atoms with Crippen LogP contribution in [-0.2, 0) is 10.1 Å². The zero-order valence-electron chi connectivity index (χ0n) is 10.9. The molecule has 0 aliphatic heterocycles. The van der Waals surface area contributed by atoms with Gasteiger partial charge in [0.2, 0.25) is 0 Å². The van der Waals surface area contributed by atoms with E-state index < -0.39 is 39.6 Å². The first-order valence-corrected chi connectivity index (χ1v) is 7.13. The Labute approximate surface area is 122 Å². The number of hydrogen-bond acceptors (Lipinski definition) is 3. The first-order chi connectivity index (χ1) is 9.68. The van der Waals surface area contributed by atoms with Crippen molar-refractivity contribution in [3.63, 3.8) is 0 Å². The van der Waals surface area contributed by atoms with Crippen LogP contribution in [0.25, 0.3) is 0 Å². The third-order valence-corrected chi connectivity index (χ3v) is 3.39. The van der Waals surface area contributed by atoms with Crippen molar-refractivity contribution in [3.8, 4) is 5.75 Å². The van der Waals surface area contributed by atoms with Gasteiger partial charge in [-0.2, -0.15) is 34.8 Å². The second kappa shape index (κ2) is 5.65. The molecule has 1 N–H and O–H groups in total. The van der Waals surface area contributed by atoms with Crippen LogP contribution in [0.2, 0.25) is 0 Å². The minimum Gasteiger partial charge on any atom is -0.468 e. The van der Waals surface area contributed by atoms with Gasteiger partial charge in [-0.05, 0) is 12.1 Å². The maximum absolute atomic E-state index is 12.9. The van der Waals surface area contributed by atoms with Crippen LogP contribution in [-0.4, -0.2) is 44.5 Å². The first kappa shape index (κ1) is 18.6. The fourth-order valence-electron chi connectivity index (χ4n) is 1.53. The molecule has 0 saturated heterocycles. The highest BCUT2D eigenvalue weighted by atomic mass is 32.2. The molecule has 22 heavy (non-hydrogen) atoms. The van der Waals surface area contributed by atoms with E-state index in [2.05, 4.69) is 4.74 Å². The third kappa shape index (κ3) is 4.06. The predicted octanol–water partition coefficient (Wildman–Crippen LogP) is 1.08. The second-order valence-electron chi connectivity index (χ2n) is 4.46. The molecule has 0 radical (unpaired) electrons. The highest BCUT2D eigenvalue weighted by Gasteiger charge is 2.75. The van der Waals surface area contributed by atoms with Crippen molar-refractivity contribution >= 4 is 23.4 Å². The molecule has 1 rings (SSSR count). The van der Waals surface area contributed by atoms with Crippen molar-refractivity contribution < 1.29 is 44.0 Å². The molecule has 12 heteroatoms. The molecule has 0 bridgehead atoms. The van der Waals surface area contributed by atoms with E-state index in [0.29, 0.717) is 5.46 Å². The van der Waals surface area contributed by atoms with Gasteiger partial charge in [0.05, 0.1) is 0 Å². The topological polar surface area (TPSA) is 63.6 Å². The van der Waals surface area contributed by atoms with Crippen molar-refractivity contribution in [1.29, 1.82) is 0 Å². The van der Waals surface area contributed by atoms with Gasteiger partial charge in [0.25, 0.3) is 10.1 Å². The molecule has 1 aromatic rings. The van der Waals surface area contributed by atoms with Crippen molar-refractivity contribution in [1.82, 2.24) is 0 Å². The summed E-state index contributed by atoms with van der Waals surface area (Å²) >= 11 is 0. The summed E-state index contributed by atoms with van der Waals surface area (Å²) in [6, 6.07) is 4.01. The van der Waals surface area contributed by atoms with Crippen molar-refractivity contribution in [2.75, 3.05) is 5.75 Å². The molecular formula is C10H9BF6O4S. The van der Waals surface area contributed by atoms with Crippen LogP contribution >= 0.6 is 0 Å². The summed E-state index contributed by atoms with van der Waals surface area (Å²) in [6.45, 7) is 0. The van der Waals surface area contributed by atoms with E-state index in [0.717, 1.165) is 12.1 Å². The molecule has 0 aromatic heterocycles. The standard InChI is InChI=1S/C10H9BF6O4S/c11-6-1-3-7(4-2-6)21-8(9(12,13)14,10(15,16)17)5-22(18,19)20/h1-4H,5,11H2,(H,18,19,20). The van der Waals surface area contributed by atoms with E-state index >= 15 is 0 Å². The molecule has 124 valence electrons. The molecule has 0 spiro atoms. The Hall–Kier alpha value is -1.43. The highest BCUT2D eigenvalue weighted by Crippen LogP contribution is 2.46. The largest absolute Gasteiger partial charge is 0.468 e. The number of alkyl halides is 6. The maximum atomic E-state index is 12.9. The van der Waals surface area contributed by atoms with Gasteiger partial charge in [0, 0.05) is 0 Å². The van der Waals surface area contributed by atoms with Crippen LogP contribution in [0.15, 0.2) is 24.3 Å². The Balaban J connectivity index is 3.45. The van der Waals surface area contributed by atoms with Crippen LogP contribution in [0, 0.1) is 0 Å². The summed E-state index contributed by atoms with van der Waals surface area (Å²) in [5.74, 6) is -3.55. The van der Waals surface area contributed by atoms with Crippen molar-refractivity contribution in [2.24, 2.45) is 0 Å². The highest BCUT2D eigenvalue weighted by molar-refractivity contribution is 7.85. The Morgan fingerprint density at radius 1 is 1.00 bits per heavy atom. The maximum Gasteiger partial charge on any atom is 0.438 e. The van der Waals surface area contributed by atoms with Gasteiger partial charge in [0.15, 0.2) is 0 Å². The molecular weight excluding hydrogens is 341 g/mol. The average molecular weight is 350 g/mol. The van der Waals surface area contributed by atoms with Gasteiger partial charge < -0.3 is 4.74 Å². The number of hydrogen-bond donors (Lipinski definition) is 1. The summed E-state index contributed by atoms with van der Waals surface area (Å²) in [5, 5.41) is 0. The van der Waals surface area contributed by atoms with Gasteiger partial charge in [-0.15, -0.1) is 0 Å². The number of ether oxygens (including phenoxy) is 1.